The number of carbonyl (C=O) groups excluding carboxylic acids is 1. The number of aromatic nitrogens is 4. The molecular weight excluding hydrogens is 390 g/mol. The fourth-order valence-electron chi connectivity index (χ4n) is 3.98. The van der Waals surface area contributed by atoms with E-state index in [1.54, 1.807) is 36.3 Å². The molecule has 1 saturated carbocycles. The van der Waals surface area contributed by atoms with Gasteiger partial charge in [0.15, 0.2) is 0 Å². The molecule has 7 heteroatoms. The fourth-order valence-corrected chi connectivity index (χ4v) is 3.98. The summed E-state index contributed by atoms with van der Waals surface area (Å²) in [5, 5.41) is 5.11. The Morgan fingerprint density at radius 2 is 1.90 bits per heavy atom. The van der Waals surface area contributed by atoms with Gasteiger partial charge in [-0.1, -0.05) is 30.3 Å². The van der Waals surface area contributed by atoms with Crippen molar-refractivity contribution in [3.05, 3.63) is 87.7 Å². The summed E-state index contributed by atoms with van der Waals surface area (Å²) in [5.74, 6) is 0.671. The lowest BCUT2D eigenvalue weighted by Gasteiger charge is -2.17. The van der Waals surface area contributed by atoms with Gasteiger partial charge >= 0.3 is 0 Å². The lowest BCUT2D eigenvalue weighted by Crippen LogP contribution is -2.29. The van der Waals surface area contributed by atoms with Crippen LogP contribution in [-0.4, -0.2) is 37.6 Å². The first kappa shape index (κ1) is 19.2. The molecule has 2 heterocycles. The molecule has 0 aliphatic heterocycles. The summed E-state index contributed by atoms with van der Waals surface area (Å²) in [6.45, 7) is 2.25. The van der Waals surface area contributed by atoms with Crippen molar-refractivity contribution >= 4 is 16.8 Å². The number of nitrogens with one attached hydrogen (secondary N) is 1. The van der Waals surface area contributed by atoms with Gasteiger partial charge < -0.3 is 9.88 Å². The van der Waals surface area contributed by atoms with Crippen LogP contribution >= 0.6 is 0 Å². The van der Waals surface area contributed by atoms with E-state index in [-0.39, 0.29) is 18.0 Å². The molecule has 0 unspecified atom stereocenters. The molecule has 4 aromatic rings. The number of carbonyl (C=O) groups is 1. The first-order valence-electron chi connectivity index (χ1n) is 10.4. The number of fused-ring (bicyclic) bond motifs is 1. The van der Waals surface area contributed by atoms with E-state index in [9.17, 15) is 9.59 Å². The zero-order valence-electron chi connectivity index (χ0n) is 17.5. The number of aromatic amines is 1. The van der Waals surface area contributed by atoms with Crippen molar-refractivity contribution in [2.75, 3.05) is 7.05 Å². The van der Waals surface area contributed by atoms with Gasteiger partial charge in [-0.05, 0) is 43.5 Å². The zero-order chi connectivity index (χ0) is 21.5. The van der Waals surface area contributed by atoms with Crippen molar-refractivity contribution in [2.45, 2.75) is 32.2 Å². The highest BCUT2D eigenvalue weighted by atomic mass is 16.2. The molecule has 2 aromatic heterocycles. The third-order valence-electron chi connectivity index (χ3n) is 5.74. The second kappa shape index (κ2) is 7.50. The molecule has 7 nitrogen and oxygen atoms in total. The first-order chi connectivity index (χ1) is 15.0. The highest BCUT2D eigenvalue weighted by Crippen LogP contribution is 2.43. The number of benzene rings is 2. The molecule has 31 heavy (non-hydrogen) atoms. The Kier molecular flexibility index (Phi) is 4.66. The number of rotatable bonds is 5. The number of nitrogens with zero attached hydrogens (tertiary/aromatic N) is 4. The Labute approximate surface area is 179 Å². The van der Waals surface area contributed by atoms with Crippen molar-refractivity contribution in [3.63, 3.8) is 0 Å². The number of aryl methyl sites for hydroxylation is 1. The Morgan fingerprint density at radius 1 is 1.16 bits per heavy atom. The molecule has 0 radical (unpaired) electrons. The number of para-hydroxylation sites is 2. The second-order valence-electron chi connectivity index (χ2n) is 8.11. The molecule has 1 N–H and O–H groups in total. The predicted octanol–water partition coefficient (Wildman–Crippen LogP) is 3.57. The van der Waals surface area contributed by atoms with Crippen molar-refractivity contribution < 1.29 is 4.79 Å². The Hall–Kier alpha value is -3.74. The van der Waals surface area contributed by atoms with Crippen LogP contribution in [0.15, 0.2) is 59.5 Å². The van der Waals surface area contributed by atoms with Crippen molar-refractivity contribution in [3.8, 4) is 5.69 Å². The maximum Gasteiger partial charge on any atom is 0.258 e. The van der Waals surface area contributed by atoms with E-state index >= 15 is 0 Å². The van der Waals surface area contributed by atoms with E-state index in [0.717, 1.165) is 29.8 Å². The van der Waals surface area contributed by atoms with Crippen LogP contribution < -0.4 is 5.56 Å². The lowest BCUT2D eigenvalue weighted by atomic mass is 10.1. The summed E-state index contributed by atoms with van der Waals surface area (Å²) in [5.41, 5.74) is 4.09. The molecule has 1 aliphatic carbocycles. The average molecular weight is 413 g/mol. The number of hydrogen-bond acceptors (Lipinski definition) is 4. The molecule has 1 amide bonds. The molecule has 1 aliphatic rings. The molecular formula is C24H23N5O2. The van der Waals surface area contributed by atoms with Crippen LogP contribution in [0.4, 0.5) is 0 Å². The van der Waals surface area contributed by atoms with Crippen molar-refractivity contribution in [1.82, 2.24) is 24.6 Å². The molecule has 0 atom stereocenters. The van der Waals surface area contributed by atoms with E-state index in [1.807, 2.05) is 41.9 Å². The molecule has 5 rings (SSSR count). The molecule has 0 saturated heterocycles. The number of amides is 1. The van der Waals surface area contributed by atoms with Crippen LogP contribution in [-0.2, 0) is 6.54 Å². The standard InChI is InChI=1S/C24H23N5O2/c1-15-7-3-6-10-20(15)29-22(16-11-12-16)18(13-25-29)24(31)28(2)14-21-26-19-9-5-4-8-17(19)23(30)27-21/h3-10,13,16H,11-12,14H2,1-2H3,(H,26,27,30). The highest BCUT2D eigenvalue weighted by Gasteiger charge is 2.34. The summed E-state index contributed by atoms with van der Waals surface area (Å²) in [6.07, 6.45) is 3.78. The summed E-state index contributed by atoms with van der Waals surface area (Å²) < 4.78 is 1.91. The van der Waals surface area contributed by atoms with Crippen LogP contribution in [0.2, 0.25) is 0 Å². The minimum Gasteiger partial charge on any atom is -0.334 e. The Morgan fingerprint density at radius 3 is 2.68 bits per heavy atom. The van der Waals surface area contributed by atoms with E-state index in [1.165, 1.54) is 0 Å². The molecule has 0 bridgehead atoms. The normalized spacial score (nSPS) is 13.5. The van der Waals surface area contributed by atoms with Crippen molar-refractivity contribution in [1.29, 1.82) is 0 Å². The molecule has 2 aromatic carbocycles. The fraction of sp³-hybridized carbons (Fsp3) is 0.250. The predicted molar refractivity (Wildman–Crippen MR) is 118 cm³/mol. The average Bonchev–Trinajstić information content (AvgIpc) is 3.52. The maximum absolute atomic E-state index is 13.3. The van der Waals surface area contributed by atoms with Crippen LogP contribution in [0.25, 0.3) is 16.6 Å². The lowest BCUT2D eigenvalue weighted by molar-refractivity contribution is 0.0780. The molecule has 1 fully saturated rings. The number of hydrogen-bond donors (Lipinski definition) is 1. The van der Waals surface area contributed by atoms with Crippen LogP contribution in [0.5, 0.6) is 0 Å². The Bertz CT molecular complexity index is 1350. The van der Waals surface area contributed by atoms with Crippen LogP contribution in [0.1, 0.15) is 46.2 Å². The summed E-state index contributed by atoms with van der Waals surface area (Å²) in [7, 11) is 1.72. The molecule has 156 valence electrons. The minimum atomic E-state index is -0.201. The van der Waals surface area contributed by atoms with E-state index in [0.29, 0.717) is 28.2 Å². The smallest absolute Gasteiger partial charge is 0.258 e. The zero-order valence-corrected chi connectivity index (χ0v) is 17.5. The third-order valence-corrected chi connectivity index (χ3v) is 5.74. The van der Waals surface area contributed by atoms with E-state index in [4.69, 9.17) is 0 Å². The summed E-state index contributed by atoms with van der Waals surface area (Å²) in [4.78, 5) is 34.6. The topological polar surface area (TPSA) is 83.9 Å². The SMILES string of the molecule is Cc1ccccc1-n1ncc(C(=O)N(C)Cc2nc3ccccc3c(=O)[nH]2)c1C1CC1. The van der Waals surface area contributed by atoms with Crippen molar-refractivity contribution in [2.24, 2.45) is 0 Å². The quantitative estimate of drug-likeness (QED) is 0.542. The van der Waals surface area contributed by atoms with Crippen LogP contribution in [0.3, 0.4) is 0 Å². The van der Waals surface area contributed by atoms with Crippen LogP contribution in [0, 0.1) is 6.92 Å². The minimum absolute atomic E-state index is 0.127. The van der Waals surface area contributed by atoms with Gasteiger partial charge in [0.05, 0.1) is 40.6 Å². The summed E-state index contributed by atoms with van der Waals surface area (Å²) >= 11 is 0. The van der Waals surface area contributed by atoms with Gasteiger partial charge in [-0.25, -0.2) is 9.67 Å². The Balaban J connectivity index is 1.47. The van der Waals surface area contributed by atoms with Gasteiger partial charge in [0, 0.05) is 13.0 Å². The van der Waals surface area contributed by atoms with E-state index in [2.05, 4.69) is 15.1 Å². The third kappa shape index (κ3) is 3.52. The number of H-pyrrole nitrogens is 1. The summed E-state index contributed by atoms with van der Waals surface area (Å²) in [6, 6.07) is 15.2. The van der Waals surface area contributed by atoms with Gasteiger partial charge in [0.25, 0.3) is 11.5 Å². The maximum atomic E-state index is 13.3. The van der Waals surface area contributed by atoms with E-state index < -0.39 is 0 Å². The second-order valence-corrected chi connectivity index (χ2v) is 8.11. The first-order valence-corrected chi connectivity index (χ1v) is 10.4. The monoisotopic (exact) mass is 413 g/mol. The van der Waals surface area contributed by atoms with Gasteiger partial charge in [-0.2, -0.15) is 5.10 Å². The van der Waals surface area contributed by atoms with Gasteiger partial charge in [-0.15, -0.1) is 0 Å². The van der Waals surface area contributed by atoms with Gasteiger partial charge in [0.2, 0.25) is 0 Å². The highest BCUT2D eigenvalue weighted by molar-refractivity contribution is 5.95. The largest absolute Gasteiger partial charge is 0.334 e. The van der Waals surface area contributed by atoms with Gasteiger partial charge in [0.1, 0.15) is 5.82 Å². The molecule has 0 spiro atoms. The van der Waals surface area contributed by atoms with Gasteiger partial charge in [-0.3, -0.25) is 9.59 Å².